The monoisotopic (exact) mass is 335 g/mol. The molecule has 106 valence electrons. The molecule has 3 nitrogen and oxygen atoms in total. The lowest BCUT2D eigenvalue weighted by Gasteiger charge is -2.18. The van der Waals surface area contributed by atoms with Gasteiger partial charge in [-0.2, -0.15) is 0 Å². The van der Waals surface area contributed by atoms with Crippen LogP contribution in [0.2, 0.25) is 0 Å². The predicted molar refractivity (Wildman–Crippen MR) is 83.7 cm³/mol. The summed E-state index contributed by atoms with van der Waals surface area (Å²) in [6.45, 7) is 2.37. The van der Waals surface area contributed by atoms with E-state index in [1.807, 2.05) is 49.4 Å². The molecular weight excluding hydrogens is 318 g/mol. The van der Waals surface area contributed by atoms with Gasteiger partial charge in [0.25, 0.3) is 0 Å². The molecule has 0 heterocycles. The van der Waals surface area contributed by atoms with Crippen molar-refractivity contribution < 1.29 is 10.2 Å². The molecule has 0 spiro atoms. The van der Waals surface area contributed by atoms with E-state index in [-0.39, 0.29) is 12.6 Å². The van der Waals surface area contributed by atoms with Crippen molar-refractivity contribution >= 4 is 15.9 Å². The van der Waals surface area contributed by atoms with Crippen molar-refractivity contribution in [2.75, 3.05) is 6.61 Å². The lowest BCUT2D eigenvalue weighted by Crippen LogP contribution is -2.24. The molecule has 3 N–H and O–H groups in total. The number of hydrogen-bond donors (Lipinski definition) is 3. The smallest absolute Gasteiger partial charge is 0.123 e. The molecule has 0 radical (unpaired) electrons. The standard InChI is InChI=1S/C16H18BrNO2/c1-11-7-14(17)8-13(16(11)20)9-18-15(10-19)12-5-3-2-4-6-12/h2-8,15,18-20H,9-10H2,1H3. The van der Waals surface area contributed by atoms with Gasteiger partial charge in [-0.1, -0.05) is 46.3 Å². The number of nitrogens with one attached hydrogen (secondary N) is 1. The van der Waals surface area contributed by atoms with Crippen LogP contribution in [0.15, 0.2) is 46.9 Å². The number of aliphatic hydroxyl groups is 1. The molecule has 0 aliphatic rings. The highest BCUT2D eigenvalue weighted by Crippen LogP contribution is 2.27. The summed E-state index contributed by atoms with van der Waals surface area (Å²) in [5.74, 6) is 0.297. The molecule has 0 saturated carbocycles. The average molecular weight is 336 g/mol. The summed E-state index contributed by atoms with van der Waals surface area (Å²) in [5, 5.41) is 22.8. The lowest BCUT2D eigenvalue weighted by atomic mass is 10.1. The van der Waals surface area contributed by atoms with E-state index >= 15 is 0 Å². The van der Waals surface area contributed by atoms with Gasteiger partial charge >= 0.3 is 0 Å². The molecule has 0 aliphatic carbocycles. The number of halogens is 1. The number of benzene rings is 2. The molecule has 0 amide bonds. The molecule has 20 heavy (non-hydrogen) atoms. The molecule has 0 bridgehead atoms. The third kappa shape index (κ3) is 3.60. The fourth-order valence-electron chi connectivity index (χ4n) is 2.15. The second kappa shape index (κ2) is 6.88. The largest absolute Gasteiger partial charge is 0.507 e. The van der Waals surface area contributed by atoms with Crippen LogP contribution in [0.4, 0.5) is 0 Å². The van der Waals surface area contributed by atoms with Crippen LogP contribution < -0.4 is 5.32 Å². The van der Waals surface area contributed by atoms with Crippen molar-refractivity contribution in [3.63, 3.8) is 0 Å². The van der Waals surface area contributed by atoms with Crippen LogP contribution in [0.25, 0.3) is 0 Å². The van der Waals surface area contributed by atoms with E-state index in [1.165, 1.54) is 0 Å². The minimum absolute atomic E-state index is 0.0117. The van der Waals surface area contributed by atoms with Crippen molar-refractivity contribution in [1.82, 2.24) is 5.32 Å². The number of aryl methyl sites for hydroxylation is 1. The number of hydrogen-bond acceptors (Lipinski definition) is 3. The van der Waals surface area contributed by atoms with Gasteiger partial charge in [0.1, 0.15) is 5.75 Å². The molecule has 2 aromatic carbocycles. The van der Waals surface area contributed by atoms with Crippen LogP contribution >= 0.6 is 15.9 Å². The van der Waals surface area contributed by atoms with Crippen LogP contribution in [0.1, 0.15) is 22.7 Å². The zero-order chi connectivity index (χ0) is 14.5. The zero-order valence-corrected chi connectivity index (χ0v) is 12.9. The van der Waals surface area contributed by atoms with Crippen molar-refractivity contribution in [2.45, 2.75) is 19.5 Å². The molecule has 2 rings (SSSR count). The van der Waals surface area contributed by atoms with E-state index < -0.39 is 0 Å². The SMILES string of the molecule is Cc1cc(Br)cc(CNC(CO)c2ccccc2)c1O. The molecule has 0 fully saturated rings. The topological polar surface area (TPSA) is 52.5 Å². The molecular formula is C16H18BrNO2. The van der Waals surface area contributed by atoms with E-state index in [2.05, 4.69) is 21.2 Å². The van der Waals surface area contributed by atoms with E-state index in [9.17, 15) is 10.2 Å². The summed E-state index contributed by atoms with van der Waals surface area (Å²) in [7, 11) is 0. The first-order chi connectivity index (χ1) is 9.61. The Hall–Kier alpha value is -1.36. The van der Waals surface area contributed by atoms with Crippen molar-refractivity contribution in [2.24, 2.45) is 0 Å². The van der Waals surface area contributed by atoms with E-state index in [4.69, 9.17) is 0 Å². The van der Waals surface area contributed by atoms with Gasteiger partial charge in [0.05, 0.1) is 12.6 Å². The third-order valence-electron chi connectivity index (χ3n) is 3.27. The van der Waals surface area contributed by atoms with Gasteiger partial charge < -0.3 is 15.5 Å². The number of aliphatic hydroxyl groups excluding tert-OH is 1. The fraction of sp³-hybridized carbons (Fsp3) is 0.250. The highest BCUT2D eigenvalue weighted by atomic mass is 79.9. The Kier molecular flexibility index (Phi) is 5.17. The predicted octanol–water partition coefficient (Wildman–Crippen LogP) is 3.29. The van der Waals surface area contributed by atoms with Crippen molar-refractivity contribution in [1.29, 1.82) is 0 Å². The Morgan fingerprint density at radius 2 is 1.90 bits per heavy atom. The maximum absolute atomic E-state index is 10.1. The molecule has 0 saturated heterocycles. The summed E-state index contributed by atoms with van der Waals surface area (Å²) in [6, 6.07) is 13.4. The molecule has 2 aromatic rings. The number of phenolic OH excluding ortho intramolecular Hbond substituents is 1. The highest BCUT2D eigenvalue weighted by molar-refractivity contribution is 9.10. The minimum Gasteiger partial charge on any atom is -0.507 e. The van der Waals surface area contributed by atoms with Gasteiger partial charge in [0.15, 0.2) is 0 Å². The zero-order valence-electron chi connectivity index (χ0n) is 11.3. The quantitative estimate of drug-likeness (QED) is 0.785. The van der Waals surface area contributed by atoms with E-state index in [1.54, 1.807) is 0 Å². The van der Waals surface area contributed by atoms with Crippen LogP contribution in [-0.4, -0.2) is 16.8 Å². The third-order valence-corrected chi connectivity index (χ3v) is 3.73. The molecule has 0 aliphatic heterocycles. The molecule has 1 atom stereocenters. The lowest BCUT2D eigenvalue weighted by molar-refractivity contribution is 0.243. The van der Waals surface area contributed by atoms with Gasteiger partial charge in [-0.05, 0) is 30.2 Å². The maximum atomic E-state index is 10.1. The van der Waals surface area contributed by atoms with Gasteiger partial charge in [-0.15, -0.1) is 0 Å². The van der Waals surface area contributed by atoms with E-state index in [0.717, 1.165) is 21.2 Å². The highest BCUT2D eigenvalue weighted by Gasteiger charge is 2.11. The first kappa shape index (κ1) is 15.0. The number of rotatable bonds is 5. The second-order valence-electron chi connectivity index (χ2n) is 4.76. The van der Waals surface area contributed by atoms with Gasteiger partial charge in [0, 0.05) is 16.6 Å². The Morgan fingerprint density at radius 3 is 2.55 bits per heavy atom. The van der Waals surface area contributed by atoms with Gasteiger partial charge in [0.2, 0.25) is 0 Å². The van der Waals surface area contributed by atoms with E-state index in [0.29, 0.717) is 12.3 Å². The number of phenols is 1. The molecule has 0 aromatic heterocycles. The molecule has 4 heteroatoms. The van der Waals surface area contributed by atoms with Crippen LogP contribution in [0.3, 0.4) is 0 Å². The summed E-state index contributed by atoms with van der Waals surface area (Å²) < 4.78 is 0.935. The Balaban J connectivity index is 2.11. The Morgan fingerprint density at radius 1 is 1.20 bits per heavy atom. The minimum atomic E-state index is -0.144. The summed E-state index contributed by atoms with van der Waals surface area (Å²) >= 11 is 3.43. The first-order valence-corrected chi connectivity index (χ1v) is 7.28. The van der Waals surface area contributed by atoms with Crippen LogP contribution in [0, 0.1) is 6.92 Å². The van der Waals surface area contributed by atoms with Crippen molar-refractivity contribution in [3.05, 3.63) is 63.6 Å². The van der Waals surface area contributed by atoms with Crippen molar-refractivity contribution in [3.8, 4) is 5.75 Å². The normalized spacial score (nSPS) is 12.3. The van der Waals surface area contributed by atoms with Gasteiger partial charge in [-0.3, -0.25) is 0 Å². The van der Waals surface area contributed by atoms with Crippen LogP contribution in [-0.2, 0) is 6.54 Å². The van der Waals surface area contributed by atoms with Crippen LogP contribution in [0.5, 0.6) is 5.75 Å². The summed E-state index contributed by atoms with van der Waals surface area (Å²) in [5.41, 5.74) is 2.67. The maximum Gasteiger partial charge on any atom is 0.123 e. The summed E-state index contributed by atoms with van der Waals surface area (Å²) in [6.07, 6.45) is 0. The first-order valence-electron chi connectivity index (χ1n) is 6.49. The van der Waals surface area contributed by atoms with Gasteiger partial charge in [-0.25, -0.2) is 0 Å². The second-order valence-corrected chi connectivity index (χ2v) is 5.67. The number of aromatic hydroxyl groups is 1. The fourth-order valence-corrected chi connectivity index (χ4v) is 2.77. The Bertz CT molecular complexity index is 572. The molecule has 1 unspecified atom stereocenters. The Labute approximate surface area is 127 Å². The average Bonchev–Trinajstić information content (AvgIpc) is 2.45. The summed E-state index contributed by atoms with van der Waals surface area (Å²) in [4.78, 5) is 0.